The van der Waals surface area contributed by atoms with Gasteiger partial charge in [-0.05, 0) is 65.7 Å². The molecule has 3 heterocycles. The second kappa shape index (κ2) is 10.2. The van der Waals surface area contributed by atoms with E-state index in [0.717, 1.165) is 40.8 Å². The molecule has 36 heavy (non-hydrogen) atoms. The molecule has 1 atom stereocenters. The van der Waals surface area contributed by atoms with E-state index in [1.165, 1.54) is 12.1 Å². The summed E-state index contributed by atoms with van der Waals surface area (Å²) in [4.78, 5) is 21.1. The minimum Gasteiger partial charge on any atom is -0.383 e. The van der Waals surface area contributed by atoms with Gasteiger partial charge >= 0.3 is 0 Å². The molecule has 9 nitrogen and oxygen atoms in total. The summed E-state index contributed by atoms with van der Waals surface area (Å²) in [6, 6.07) is 12.2. The van der Waals surface area contributed by atoms with Crippen LogP contribution in [0.3, 0.4) is 0 Å². The van der Waals surface area contributed by atoms with E-state index in [9.17, 15) is 9.18 Å². The minimum absolute atomic E-state index is 0.150. The van der Waals surface area contributed by atoms with Crippen molar-refractivity contribution < 1.29 is 9.13 Å². The topological polar surface area (TPSA) is 92.2 Å². The van der Waals surface area contributed by atoms with Gasteiger partial charge in [-0.25, -0.2) is 9.07 Å². The van der Waals surface area contributed by atoms with E-state index in [1.54, 1.807) is 23.9 Å². The first-order valence-electron chi connectivity index (χ1n) is 12.1. The van der Waals surface area contributed by atoms with Crippen LogP contribution in [0.15, 0.2) is 47.3 Å². The highest BCUT2D eigenvalue weighted by molar-refractivity contribution is 5.85. The van der Waals surface area contributed by atoms with Crippen LogP contribution >= 0.6 is 0 Å². The lowest BCUT2D eigenvalue weighted by Crippen LogP contribution is -2.49. The smallest absolute Gasteiger partial charge is 0.253 e. The number of methoxy groups -OCH3 is 1. The van der Waals surface area contributed by atoms with Crippen molar-refractivity contribution in [2.24, 2.45) is 0 Å². The van der Waals surface area contributed by atoms with E-state index < -0.39 is 6.04 Å². The number of nitrogens with one attached hydrogen (secondary N) is 1. The second-order valence-electron chi connectivity index (χ2n) is 9.20. The zero-order valence-corrected chi connectivity index (χ0v) is 20.7. The fourth-order valence-electron chi connectivity index (χ4n) is 4.93. The zero-order chi connectivity index (χ0) is 25.2. The maximum Gasteiger partial charge on any atom is 0.253 e. The van der Waals surface area contributed by atoms with E-state index in [-0.39, 0.29) is 11.4 Å². The summed E-state index contributed by atoms with van der Waals surface area (Å²) in [5.41, 5.74) is 4.40. The molecule has 188 valence electrons. The average Bonchev–Trinajstić information content (AvgIpc) is 3.35. The van der Waals surface area contributed by atoms with Gasteiger partial charge in [-0.1, -0.05) is 12.1 Å². The molecule has 0 radical (unpaired) electrons. The van der Waals surface area contributed by atoms with E-state index >= 15 is 0 Å². The summed E-state index contributed by atoms with van der Waals surface area (Å²) >= 11 is 0. The SMILES string of the molecule is COCCn1nnnc1C(c1cc2c(C)ccc(C)c2[nH]c1=O)N1CCN(c2ccc(F)cc2)CC1. The first kappa shape index (κ1) is 24.1. The number of benzene rings is 2. The molecule has 0 bridgehead atoms. The number of fused-ring (bicyclic) bond motifs is 1. The standard InChI is InChI=1S/C26H30FN7O2/c1-17-4-5-18(2)23-21(17)16-22(26(35)28-23)24(25-29-30-31-34(25)14-15-36-3)33-12-10-32(11-13-33)20-8-6-19(27)7-9-20/h4-9,16,24H,10-15H2,1-3H3,(H,28,35). The molecular formula is C26H30FN7O2. The van der Waals surface area contributed by atoms with Crippen molar-refractivity contribution >= 4 is 16.6 Å². The summed E-state index contributed by atoms with van der Waals surface area (Å²) < 4.78 is 20.4. The van der Waals surface area contributed by atoms with Gasteiger partial charge in [0, 0.05) is 49.9 Å². The number of anilines is 1. The van der Waals surface area contributed by atoms with Gasteiger partial charge < -0.3 is 14.6 Å². The third-order valence-electron chi connectivity index (χ3n) is 6.95. The number of hydrogen-bond acceptors (Lipinski definition) is 7. The Morgan fingerprint density at radius 3 is 2.50 bits per heavy atom. The maximum atomic E-state index is 13.5. The fraction of sp³-hybridized carbons (Fsp3) is 0.385. The predicted octanol–water partition coefficient (Wildman–Crippen LogP) is 2.83. The normalized spacial score (nSPS) is 15.5. The van der Waals surface area contributed by atoms with Crippen LogP contribution in [0, 0.1) is 19.7 Å². The Morgan fingerprint density at radius 1 is 1.06 bits per heavy atom. The molecular weight excluding hydrogens is 461 g/mol. The highest BCUT2D eigenvalue weighted by Crippen LogP contribution is 2.30. The molecule has 1 unspecified atom stereocenters. The predicted molar refractivity (Wildman–Crippen MR) is 136 cm³/mol. The lowest BCUT2D eigenvalue weighted by Gasteiger charge is -2.39. The van der Waals surface area contributed by atoms with Crippen LogP contribution in [0.4, 0.5) is 10.1 Å². The van der Waals surface area contributed by atoms with Gasteiger partial charge in [0.1, 0.15) is 11.9 Å². The van der Waals surface area contributed by atoms with Crippen LogP contribution in [0.2, 0.25) is 0 Å². The van der Waals surface area contributed by atoms with Crippen LogP contribution in [0.1, 0.15) is 28.6 Å². The van der Waals surface area contributed by atoms with Gasteiger partial charge in [-0.3, -0.25) is 9.69 Å². The Hall–Kier alpha value is -3.63. The average molecular weight is 492 g/mol. The summed E-state index contributed by atoms with van der Waals surface area (Å²) in [5.74, 6) is 0.360. The number of tetrazole rings is 1. The number of ether oxygens (including phenoxy) is 1. The molecule has 5 rings (SSSR count). The second-order valence-corrected chi connectivity index (χ2v) is 9.20. The maximum absolute atomic E-state index is 13.5. The van der Waals surface area contributed by atoms with Crippen LogP contribution in [-0.4, -0.2) is 70.0 Å². The first-order chi connectivity index (χ1) is 17.5. The minimum atomic E-state index is -0.430. The van der Waals surface area contributed by atoms with Gasteiger partial charge in [-0.15, -0.1) is 5.10 Å². The molecule has 2 aromatic heterocycles. The molecule has 2 aromatic carbocycles. The largest absolute Gasteiger partial charge is 0.383 e. The van der Waals surface area contributed by atoms with Crippen LogP contribution in [0.25, 0.3) is 10.9 Å². The zero-order valence-electron chi connectivity index (χ0n) is 20.7. The van der Waals surface area contributed by atoms with Crippen molar-refractivity contribution in [2.75, 3.05) is 44.8 Å². The Bertz CT molecular complexity index is 1410. The Balaban J connectivity index is 1.54. The number of aryl methyl sites for hydroxylation is 2. The third kappa shape index (κ3) is 4.61. The Kier molecular flexibility index (Phi) is 6.80. The fourth-order valence-corrected chi connectivity index (χ4v) is 4.93. The van der Waals surface area contributed by atoms with Gasteiger partial charge in [0.25, 0.3) is 5.56 Å². The van der Waals surface area contributed by atoms with Gasteiger partial charge in [0.05, 0.1) is 18.7 Å². The Labute approximate surface area is 208 Å². The molecule has 1 aliphatic heterocycles. The molecule has 1 N–H and O–H groups in total. The number of piperazine rings is 1. The number of halogens is 1. The van der Waals surface area contributed by atoms with Crippen molar-refractivity contribution in [3.8, 4) is 0 Å². The summed E-state index contributed by atoms with van der Waals surface area (Å²) in [7, 11) is 1.63. The van der Waals surface area contributed by atoms with Gasteiger partial charge in [-0.2, -0.15) is 0 Å². The van der Waals surface area contributed by atoms with Crippen LogP contribution in [0.5, 0.6) is 0 Å². The highest BCUT2D eigenvalue weighted by atomic mass is 19.1. The van der Waals surface area contributed by atoms with Crippen molar-refractivity contribution in [3.05, 3.63) is 81.2 Å². The molecule has 10 heteroatoms. The summed E-state index contributed by atoms with van der Waals surface area (Å²) in [5, 5.41) is 13.5. The number of aromatic nitrogens is 5. The number of aromatic amines is 1. The number of pyridine rings is 1. The number of H-pyrrole nitrogens is 1. The molecule has 1 aliphatic rings. The van der Waals surface area contributed by atoms with E-state index in [0.29, 0.717) is 37.6 Å². The van der Waals surface area contributed by atoms with Gasteiger partial charge in [0.15, 0.2) is 5.82 Å². The molecule has 0 aliphatic carbocycles. The molecule has 0 spiro atoms. The van der Waals surface area contributed by atoms with Gasteiger partial charge in [0.2, 0.25) is 0 Å². The van der Waals surface area contributed by atoms with Crippen LogP contribution in [-0.2, 0) is 11.3 Å². The van der Waals surface area contributed by atoms with Crippen molar-refractivity contribution in [3.63, 3.8) is 0 Å². The number of nitrogens with zero attached hydrogens (tertiary/aromatic N) is 6. The quantitative estimate of drug-likeness (QED) is 0.425. The Morgan fingerprint density at radius 2 is 1.78 bits per heavy atom. The summed E-state index contributed by atoms with van der Waals surface area (Å²) in [6.45, 7) is 7.80. The van der Waals surface area contributed by atoms with Crippen LogP contribution < -0.4 is 10.5 Å². The number of rotatable bonds is 7. The lowest BCUT2D eigenvalue weighted by atomic mass is 9.99. The molecule has 1 fully saturated rings. The first-order valence-corrected chi connectivity index (χ1v) is 12.1. The number of hydrogen-bond donors (Lipinski definition) is 1. The van der Waals surface area contributed by atoms with Crippen molar-refractivity contribution in [2.45, 2.75) is 26.4 Å². The monoisotopic (exact) mass is 491 g/mol. The molecule has 4 aromatic rings. The molecule has 0 amide bonds. The van der Waals surface area contributed by atoms with E-state index in [2.05, 4.69) is 36.4 Å². The lowest BCUT2D eigenvalue weighted by molar-refractivity contribution is 0.171. The summed E-state index contributed by atoms with van der Waals surface area (Å²) in [6.07, 6.45) is 0. The van der Waals surface area contributed by atoms with Crippen molar-refractivity contribution in [1.29, 1.82) is 0 Å². The molecule has 0 saturated carbocycles. The van der Waals surface area contributed by atoms with Crippen molar-refractivity contribution in [1.82, 2.24) is 30.1 Å². The third-order valence-corrected chi connectivity index (χ3v) is 6.95. The molecule has 1 saturated heterocycles. The van der Waals surface area contributed by atoms with E-state index in [1.807, 2.05) is 26.0 Å². The highest BCUT2D eigenvalue weighted by Gasteiger charge is 2.33. The van der Waals surface area contributed by atoms with E-state index in [4.69, 9.17) is 4.74 Å².